The van der Waals surface area contributed by atoms with Crippen LogP contribution in [0.25, 0.3) is 0 Å². The maximum atomic E-state index is 11.6. The van der Waals surface area contributed by atoms with Crippen LogP contribution < -0.4 is 10.0 Å². The van der Waals surface area contributed by atoms with Gasteiger partial charge in [-0.2, -0.15) is 0 Å². The highest BCUT2D eigenvalue weighted by molar-refractivity contribution is 7.81. The molecule has 1 unspecified atom stereocenters. The minimum Gasteiger partial charge on any atom is -0.330 e. The first-order valence-electron chi connectivity index (χ1n) is 6.38. The summed E-state index contributed by atoms with van der Waals surface area (Å²) in [4.78, 5) is 0. The highest BCUT2D eigenvalue weighted by Gasteiger charge is 2.14. The fraction of sp³-hybridized carbons (Fsp3) is 0.200. The van der Waals surface area contributed by atoms with Crippen molar-refractivity contribution in [3.05, 3.63) is 59.7 Å². The molecule has 0 aliphatic heterocycles. The Hall–Kier alpha value is -1.69. The van der Waals surface area contributed by atoms with Crippen LogP contribution >= 0.6 is 0 Å². The average Bonchev–Trinajstić information content (AvgIpc) is 2.43. The molecule has 5 heteroatoms. The molecule has 0 radical (unpaired) electrons. The van der Waals surface area contributed by atoms with Gasteiger partial charge in [-0.05, 0) is 49.7 Å². The zero-order valence-electron chi connectivity index (χ0n) is 11.3. The lowest BCUT2D eigenvalue weighted by molar-refractivity contribution is 0.564. The zero-order chi connectivity index (χ0) is 14.5. The number of nitrogens with zero attached hydrogens (tertiary/aromatic N) is 1. The van der Waals surface area contributed by atoms with Gasteiger partial charge in [0.15, 0.2) is 0 Å². The van der Waals surface area contributed by atoms with Crippen LogP contribution in [0, 0.1) is 6.92 Å². The second-order valence-corrected chi connectivity index (χ2v) is 5.39. The molecule has 0 aliphatic carbocycles. The second-order valence-electron chi connectivity index (χ2n) is 4.57. The van der Waals surface area contributed by atoms with Crippen LogP contribution in [0.3, 0.4) is 0 Å². The van der Waals surface area contributed by atoms with E-state index in [2.05, 4.69) is 0 Å². The monoisotopic (exact) mass is 290 g/mol. The van der Waals surface area contributed by atoms with Crippen molar-refractivity contribution >= 4 is 22.6 Å². The van der Waals surface area contributed by atoms with Crippen molar-refractivity contribution in [1.82, 2.24) is 0 Å². The predicted octanol–water partition coefficient (Wildman–Crippen LogP) is 2.77. The Morgan fingerprint density at radius 2 is 1.55 bits per heavy atom. The summed E-state index contributed by atoms with van der Waals surface area (Å²) in [5.74, 6) is 0. The van der Waals surface area contributed by atoms with E-state index in [-0.39, 0.29) is 0 Å². The van der Waals surface area contributed by atoms with Crippen molar-refractivity contribution in [3.63, 3.8) is 0 Å². The van der Waals surface area contributed by atoms with Crippen LogP contribution in [0.15, 0.2) is 48.5 Å². The molecule has 0 heterocycles. The molecule has 2 aromatic carbocycles. The van der Waals surface area contributed by atoms with Gasteiger partial charge in [-0.25, -0.2) is 8.51 Å². The van der Waals surface area contributed by atoms with Gasteiger partial charge in [0, 0.05) is 0 Å². The molecule has 0 spiro atoms. The normalized spacial score (nSPS) is 12.2. The van der Waals surface area contributed by atoms with Gasteiger partial charge in [-0.15, -0.1) is 0 Å². The lowest BCUT2D eigenvalue weighted by atomic mass is 10.1. The van der Waals surface area contributed by atoms with Gasteiger partial charge in [-0.3, -0.25) is 4.55 Å². The molecule has 2 rings (SSSR count). The van der Waals surface area contributed by atoms with Crippen LogP contribution in [0.4, 0.5) is 11.4 Å². The Kier molecular flexibility index (Phi) is 4.89. The maximum Gasteiger partial charge on any atom is 0.266 e. The molecule has 106 valence electrons. The minimum absolute atomic E-state index is 0.590. The number of benzene rings is 2. The molecule has 0 aliphatic rings. The highest BCUT2D eigenvalue weighted by atomic mass is 32.2. The highest BCUT2D eigenvalue weighted by Crippen LogP contribution is 2.27. The van der Waals surface area contributed by atoms with Crippen LogP contribution in [0.2, 0.25) is 0 Å². The summed E-state index contributed by atoms with van der Waals surface area (Å²) < 4.78 is 22.5. The third kappa shape index (κ3) is 3.45. The SMILES string of the molecule is Cc1ccc(N(c2ccc(CCN)cc2)S(=O)O)cc1. The standard InChI is InChI=1S/C15H18N2O2S/c1-12-2-6-14(7-3-12)17(20(18)19)15-8-4-13(5-9-15)10-11-16/h2-9H,10-11,16H2,1H3,(H,18,19). The van der Waals surface area contributed by atoms with E-state index in [9.17, 15) is 8.76 Å². The van der Waals surface area contributed by atoms with Crippen molar-refractivity contribution in [2.45, 2.75) is 13.3 Å². The van der Waals surface area contributed by atoms with Gasteiger partial charge < -0.3 is 5.73 Å². The summed E-state index contributed by atoms with van der Waals surface area (Å²) in [5.41, 5.74) is 9.09. The fourth-order valence-corrected chi connectivity index (χ4v) is 2.58. The molecule has 0 fully saturated rings. The molecule has 3 N–H and O–H groups in total. The van der Waals surface area contributed by atoms with Gasteiger partial charge >= 0.3 is 0 Å². The number of aryl methyl sites for hydroxylation is 1. The van der Waals surface area contributed by atoms with Crippen LogP contribution in [0.5, 0.6) is 0 Å². The van der Waals surface area contributed by atoms with Crippen molar-refractivity contribution in [2.75, 3.05) is 10.8 Å². The maximum absolute atomic E-state index is 11.6. The number of nitrogens with two attached hydrogens (primary N) is 1. The first-order valence-corrected chi connectivity index (χ1v) is 7.45. The third-order valence-corrected chi connectivity index (χ3v) is 3.76. The molecule has 4 nitrogen and oxygen atoms in total. The largest absolute Gasteiger partial charge is 0.330 e. The topological polar surface area (TPSA) is 66.6 Å². The molecular formula is C15H18N2O2S. The molecule has 20 heavy (non-hydrogen) atoms. The first kappa shape index (κ1) is 14.7. The lowest BCUT2D eigenvalue weighted by Crippen LogP contribution is -2.19. The summed E-state index contributed by atoms with van der Waals surface area (Å²) >= 11 is -2.11. The van der Waals surface area contributed by atoms with Gasteiger partial charge in [0.05, 0.1) is 11.4 Å². The minimum atomic E-state index is -2.11. The van der Waals surface area contributed by atoms with Gasteiger partial charge in [-0.1, -0.05) is 29.8 Å². The van der Waals surface area contributed by atoms with E-state index >= 15 is 0 Å². The summed E-state index contributed by atoms with van der Waals surface area (Å²) in [5, 5.41) is 0. The molecule has 2 aromatic rings. The van der Waals surface area contributed by atoms with E-state index in [0.29, 0.717) is 17.9 Å². The van der Waals surface area contributed by atoms with Crippen LogP contribution in [-0.4, -0.2) is 15.3 Å². The summed E-state index contributed by atoms with van der Waals surface area (Å²) in [6.07, 6.45) is 0.799. The van der Waals surface area contributed by atoms with E-state index in [0.717, 1.165) is 17.5 Å². The Labute approximate surface area is 121 Å². The van der Waals surface area contributed by atoms with E-state index in [1.165, 1.54) is 4.31 Å². The molecule has 0 amide bonds. The zero-order valence-corrected chi connectivity index (χ0v) is 12.1. The van der Waals surface area contributed by atoms with E-state index in [4.69, 9.17) is 5.73 Å². The van der Waals surface area contributed by atoms with E-state index in [1.54, 1.807) is 0 Å². The van der Waals surface area contributed by atoms with Crippen molar-refractivity contribution < 1.29 is 8.76 Å². The smallest absolute Gasteiger partial charge is 0.266 e. The number of rotatable bonds is 5. The quantitative estimate of drug-likeness (QED) is 0.832. The predicted molar refractivity (Wildman–Crippen MR) is 83.3 cm³/mol. The molecular weight excluding hydrogens is 272 g/mol. The van der Waals surface area contributed by atoms with Crippen molar-refractivity contribution in [1.29, 1.82) is 0 Å². The second kappa shape index (κ2) is 6.65. The van der Waals surface area contributed by atoms with Crippen molar-refractivity contribution in [3.8, 4) is 0 Å². The summed E-state index contributed by atoms with van der Waals surface area (Å²) in [7, 11) is 0. The first-order chi connectivity index (χ1) is 9.61. The van der Waals surface area contributed by atoms with Crippen molar-refractivity contribution in [2.24, 2.45) is 5.73 Å². The molecule has 0 saturated carbocycles. The Morgan fingerprint density at radius 3 is 2.00 bits per heavy atom. The third-order valence-electron chi connectivity index (χ3n) is 3.03. The fourth-order valence-electron chi connectivity index (χ4n) is 1.97. The average molecular weight is 290 g/mol. The number of hydrogen-bond donors (Lipinski definition) is 2. The van der Waals surface area contributed by atoms with Crippen LogP contribution in [-0.2, 0) is 17.7 Å². The van der Waals surface area contributed by atoms with Crippen LogP contribution in [0.1, 0.15) is 11.1 Å². The molecule has 0 saturated heterocycles. The summed E-state index contributed by atoms with van der Waals surface area (Å²) in [6.45, 7) is 2.57. The Balaban J connectivity index is 2.33. The van der Waals surface area contributed by atoms with Gasteiger partial charge in [0.25, 0.3) is 11.3 Å². The molecule has 0 bridgehead atoms. The lowest BCUT2D eigenvalue weighted by Gasteiger charge is -2.20. The van der Waals surface area contributed by atoms with E-state index in [1.807, 2.05) is 55.5 Å². The molecule has 0 aromatic heterocycles. The molecule has 1 atom stereocenters. The number of hydrogen-bond acceptors (Lipinski definition) is 2. The Bertz CT molecular complexity index is 582. The van der Waals surface area contributed by atoms with Gasteiger partial charge in [0.2, 0.25) is 0 Å². The van der Waals surface area contributed by atoms with Gasteiger partial charge in [0.1, 0.15) is 0 Å². The summed E-state index contributed by atoms with van der Waals surface area (Å²) in [6, 6.07) is 15.0. The van der Waals surface area contributed by atoms with E-state index < -0.39 is 11.3 Å². The Morgan fingerprint density at radius 1 is 1.05 bits per heavy atom. The number of anilines is 2.